The highest BCUT2D eigenvalue weighted by Crippen LogP contribution is 2.25. The molecule has 0 atom stereocenters. The second-order valence-electron chi connectivity index (χ2n) is 7.42. The van der Waals surface area contributed by atoms with Crippen LogP contribution in [0.25, 0.3) is 21.8 Å². The first-order valence-corrected chi connectivity index (χ1v) is 10.3. The fraction of sp³-hybridized carbons (Fsp3) is 0.333. The van der Waals surface area contributed by atoms with Crippen molar-refractivity contribution in [2.45, 2.75) is 12.8 Å². The first kappa shape index (κ1) is 24.6. The summed E-state index contributed by atoms with van der Waals surface area (Å²) >= 11 is 0. The maximum atomic E-state index is 12.1. The second-order valence-corrected chi connectivity index (χ2v) is 7.42. The number of nitrogens with zero attached hydrogens (tertiary/aromatic N) is 2. The van der Waals surface area contributed by atoms with Crippen LogP contribution in [0.15, 0.2) is 36.4 Å². The molecular formula is C24H24N2O8. The third kappa shape index (κ3) is 5.11. The summed E-state index contributed by atoms with van der Waals surface area (Å²) in [6, 6.07) is 10.8. The van der Waals surface area contributed by atoms with E-state index in [0.29, 0.717) is 22.4 Å². The number of hydrogen-bond acceptors (Lipinski definition) is 10. The summed E-state index contributed by atoms with van der Waals surface area (Å²) in [5, 5.41) is 1.57. The van der Waals surface area contributed by atoms with Crippen molar-refractivity contribution in [1.29, 1.82) is 0 Å². The lowest BCUT2D eigenvalue weighted by Gasteiger charge is -2.14. The van der Waals surface area contributed by atoms with Crippen molar-refractivity contribution in [3.05, 3.63) is 47.8 Å². The predicted molar refractivity (Wildman–Crippen MR) is 119 cm³/mol. The molecule has 0 aliphatic carbocycles. The number of carbonyl (C=O) groups is 4. The van der Waals surface area contributed by atoms with Crippen molar-refractivity contribution in [3.63, 3.8) is 0 Å². The molecule has 0 bridgehead atoms. The van der Waals surface area contributed by atoms with Crippen molar-refractivity contribution in [2.75, 3.05) is 28.4 Å². The number of rotatable bonds is 8. The van der Waals surface area contributed by atoms with Crippen LogP contribution in [0.4, 0.5) is 0 Å². The van der Waals surface area contributed by atoms with Crippen LogP contribution in [0.1, 0.15) is 11.4 Å². The SMILES string of the molecule is COC(=O)C(Cc1ccc2ccc3ccc(CC(C(=O)OC)C(=O)OC)nc3c2n1)C(=O)OC. The Labute approximate surface area is 195 Å². The van der Waals surface area contributed by atoms with Crippen LogP contribution in [0.5, 0.6) is 0 Å². The summed E-state index contributed by atoms with van der Waals surface area (Å²) in [5.41, 5.74) is 2.01. The van der Waals surface area contributed by atoms with Gasteiger partial charge in [-0.05, 0) is 12.1 Å². The standard InChI is InChI=1S/C24H24N2O8/c1-31-21(27)17(22(28)32-2)11-15-9-7-13-5-6-14-8-10-16(26-20(14)19(13)25-15)12-18(23(29)33-3)24(30)34-4/h5-10,17-18H,11-12H2,1-4H3. The first-order chi connectivity index (χ1) is 16.3. The van der Waals surface area contributed by atoms with Crippen LogP contribution >= 0.6 is 0 Å². The molecule has 0 fully saturated rings. The van der Waals surface area contributed by atoms with E-state index in [-0.39, 0.29) is 12.8 Å². The molecule has 10 nitrogen and oxygen atoms in total. The molecule has 0 unspecified atom stereocenters. The third-order valence-corrected chi connectivity index (χ3v) is 5.40. The number of benzene rings is 1. The summed E-state index contributed by atoms with van der Waals surface area (Å²) in [6.45, 7) is 0. The predicted octanol–water partition coefficient (Wildman–Crippen LogP) is 1.79. The van der Waals surface area contributed by atoms with Crippen molar-refractivity contribution in [1.82, 2.24) is 9.97 Å². The van der Waals surface area contributed by atoms with E-state index in [1.165, 1.54) is 28.4 Å². The lowest BCUT2D eigenvalue weighted by molar-refractivity contribution is -0.160. The molecule has 34 heavy (non-hydrogen) atoms. The van der Waals surface area contributed by atoms with Gasteiger partial charge in [-0.15, -0.1) is 0 Å². The molecule has 0 saturated carbocycles. The van der Waals surface area contributed by atoms with Crippen LogP contribution in [-0.4, -0.2) is 62.3 Å². The number of methoxy groups -OCH3 is 4. The minimum absolute atomic E-state index is 0.0158. The maximum Gasteiger partial charge on any atom is 0.320 e. The highest BCUT2D eigenvalue weighted by molar-refractivity contribution is 6.03. The summed E-state index contributed by atoms with van der Waals surface area (Å²) in [6.07, 6.45) is -0.0315. The molecule has 2 aromatic heterocycles. The summed E-state index contributed by atoms with van der Waals surface area (Å²) in [5.74, 6) is -5.18. The van der Waals surface area contributed by atoms with Gasteiger partial charge >= 0.3 is 23.9 Å². The molecule has 0 spiro atoms. The van der Waals surface area contributed by atoms with E-state index in [9.17, 15) is 19.2 Å². The monoisotopic (exact) mass is 468 g/mol. The van der Waals surface area contributed by atoms with E-state index in [1.54, 1.807) is 12.1 Å². The van der Waals surface area contributed by atoms with Crippen LogP contribution in [0, 0.1) is 11.8 Å². The van der Waals surface area contributed by atoms with E-state index >= 15 is 0 Å². The molecule has 0 radical (unpaired) electrons. The topological polar surface area (TPSA) is 131 Å². The molecule has 0 N–H and O–H groups in total. The average molecular weight is 468 g/mol. The molecule has 0 aliphatic heterocycles. The van der Waals surface area contributed by atoms with Gasteiger partial charge in [0.15, 0.2) is 11.8 Å². The zero-order valence-electron chi connectivity index (χ0n) is 19.2. The van der Waals surface area contributed by atoms with Crippen molar-refractivity contribution in [2.24, 2.45) is 11.8 Å². The van der Waals surface area contributed by atoms with Gasteiger partial charge in [0.2, 0.25) is 0 Å². The van der Waals surface area contributed by atoms with E-state index in [4.69, 9.17) is 18.9 Å². The fourth-order valence-electron chi connectivity index (χ4n) is 3.59. The zero-order chi connectivity index (χ0) is 24.8. The molecule has 1 aromatic carbocycles. The number of ether oxygens (including phenoxy) is 4. The van der Waals surface area contributed by atoms with Gasteiger partial charge in [-0.2, -0.15) is 0 Å². The Morgan fingerprint density at radius 2 is 0.882 bits per heavy atom. The van der Waals surface area contributed by atoms with Crippen LogP contribution < -0.4 is 0 Å². The Balaban J connectivity index is 2.04. The smallest absolute Gasteiger partial charge is 0.320 e. The number of hydrogen-bond donors (Lipinski definition) is 0. The number of pyridine rings is 2. The van der Waals surface area contributed by atoms with Crippen LogP contribution in [0.2, 0.25) is 0 Å². The van der Waals surface area contributed by atoms with E-state index in [1.807, 2.05) is 24.3 Å². The molecule has 178 valence electrons. The molecular weight excluding hydrogens is 444 g/mol. The van der Waals surface area contributed by atoms with E-state index in [0.717, 1.165) is 10.8 Å². The Morgan fingerprint density at radius 3 is 1.18 bits per heavy atom. The van der Waals surface area contributed by atoms with Crippen molar-refractivity contribution < 1.29 is 38.1 Å². The Bertz CT molecular complexity index is 1130. The van der Waals surface area contributed by atoms with Gasteiger partial charge in [-0.1, -0.05) is 24.3 Å². The van der Waals surface area contributed by atoms with Gasteiger partial charge in [-0.25, -0.2) is 0 Å². The third-order valence-electron chi connectivity index (χ3n) is 5.40. The number of carbonyl (C=O) groups excluding carboxylic acids is 4. The number of aromatic nitrogens is 2. The molecule has 3 rings (SSSR count). The van der Waals surface area contributed by atoms with Gasteiger partial charge in [0.25, 0.3) is 0 Å². The van der Waals surface area contributed by atoms with E-state index < -0.39 is 35.7 Å². The highest BCUT2D eigenvalue weighted by Gasteiger charge is 2.30. The molecule has 10 heteroatoms. The van der Waals surface area contributed by atoms with Gasteiger partial charge in [0.1, 0.15) is 0 Å². The summed E-state index contributed by atoms with van der Waals surface area (Å²) < 4.78 is 18.9. The number of esters is 4. The summed E-state index contributed by atoms with van der Waals surface area (Å²) in [4.78, 5) is 57.5. The first-order valence-electron chi connectivity index (χ1n) is 10.3. The van der Waals surface area contributed by atoms with Gasteiger partial charge in [0, 0.05) is 35.0 Å². The highest BCUT2D eigenvalue weighted by atomic mass is 16.5. The molecule has 2 heterocycles. The molecule has 0 aliphatic rings. The Morgan fingerprint density at radius 1 is 0.588 bits per heavy atom. The average Bonchev–Trinajstić information content (AvgIpc) is 2.88. The van der Waals surface area contributed by atoms with Crippen LogP contribution in [-0.2, 0) is 51.0 Å². The minimum atomic E-state index is -1.15. The molecule has 0 amide bonds. The largest absolute Gasteiger partial charge is 0.468 e. The van der Waals surface area contributed by atoms with E-state index in [2.05, 4.69) is 9.97 Å². The zero-order valence-corrected chi connectivity index (χ0v) is 19.2. The lowest BCUT2D eigenvalue weighted by Crippen LogP contribution is -2.28. The molecule has 0 saturated heterocycles. The Kier molecular flexibility index (Phi) is 7.72. The normalized spacial score (nSPS) is 11.0. The minimum Gasteiger partial charge on any atom is -0.468 e. The Hall–Kier alpha value is -4.08. The number of fused-ring (bicyclic) bond motifs is 3. The van der Waals surface area contributed by atoms with Crippen molar-refractivity contribution in [3.8, 4) is 0 Å². The summed E-state index contributed by atoms with van der Waals surface area (Å²) in [7, 11) is 4.78. The maximum absolute atomic E-state index is 12.1. The second kappa shape index (κ2) is 10.7. The van der Waals surface area contributed by atoms with Crippen LogP contribution in [0.3, 0.4) is 0 Å². The lowest BCUT2D eigenvalue weighted by atomic mass is 10.0. The van der Waals surface area contributed by atoms with Gasteiger partial charge in [0.05, 0.1) is 39.5 Å². The van der Waals surface area contributed by atoms with Gasteiger partial charge < -0.3 is 18.9 Å². The fourth-order valence-corrected chi connectivity index (χ4v) is 3.59. The van der Waals surface area contributed by atoms with Gasteiger partial charge in [-0.3, -0.25) is 29.1 Å². The van der Waals surface area contributed by atoms with Crippen molar-refractivity contribution >= 4 is 45.7 Å². The quantitative estimate of drug-likeness (QED) is 0.209. The molecule has 3 aromatic rings.